The Morgan fingerprint density at radius 1 is 0.422 bits per heavy atom. The standard InChI is InChI=1S/2C19H38O2S.Zn/c2*1-16(2)12-8-5-6-10-14-19(21,18(20)22)15-11-7-9-13-17(3)4;/h2*16-17,21H,5-15H2,1-4H3,(H,20,22);/q;;+2/p-2. The van der Waals surface area contributed by atoms with E-state index < -0.39 is 21.4 Å². The quantitative estimate of drug-likeness (QED) is 0.0475. The maximum absolute atomic E-state index is 11.6. The van der Waals surface area contributed by atoms with Gasteiger partial charge < -0.3 is 45.1 Å². The zero-order valence-electron chi connectivity index (χ0n) is 31.1. The zero-order chi connectivity index (χ0) is 34.0. The van der Waals surface area contributed by atoms with E-state index in [4.69, 9.17) is 25.3 Å². The van der Waals surface area contributed by atoms with Crippen LogP contribution in [-0.2, 0) is 54.3 Å². The van der Waals surface area contributed by atoms with Crippen LogP contribution in [0.15, 0.2) is 0 Å². The molecule has 0 amide bonds. The predicted molar refractivity (Wildman–Crippen MR) is 196 cm³/mol. The minimum absolute atomic E-state index is 0. The van der Waals surface area contributed by atoms with E-state index in [0.29, 0.717) is 25.7 Å². The van der Waals surface area contributed by atoms with Gasteiger partial charge in [-0.1, -0.05) is 171 Å². The van der Waals surface area contributed by atoms with Crippen molar-refractivity contribution in [3.63, 3.8) is 0 Å². The van der Waals surface area contributed by atoms with Crippen molar-refractivity contribution in [3.8, 4) is 0 Å². The third-order valence-corrected chi connectivity index (χ3v) is 9.51. The van der Waals surface area contributed by atoms with Crippen molar-refractivity contribution in [2.75, 3.05) is 0 Å². The summed E-state index contributed by atoms with van der Waals surface area (Å²) in [6.45, 7) is 17.9. The zero-order valence-corrected chi connectivity index (χ0v) is 35.7. The first-order valence-electron chi connectivity index (χ1n) is 18.4. The average Bonchev–Trinajstić information content (AvgIpc) is 2.91. The Kier molecular flexibility index (Phi) is 33.6. The van der Waals surface area contributed by atoms with Gasteiger partial charge in [0.15, 0.2) is 0 Å². The molecule has 0 aliphatic heterocycles. The molecular formula is C38H74O4S2Zn. The first-order chi connectivity index (χ1) is 20.6. The summed E-state index contributed by atoms with van der Waals surface area (Å²) in [7, 11) is 0. The van der Waals surface area contributed by atoms with E-state index in [2.05, 4.69) is 55.4 Å². The van der Waals surface area contributed by atoms with Crippen LogP contribution < -0.4 is 0 Å². The van der Waals surface area contributed by atoms with E-state index in [-0.39, 0.29) is 19.5 Å². The van der Waals surface area contributed by atoms with Gasteiger partial charge in [0.2, 0.25) is 0 Å². The van der Waals surface area contributed by atoms with Crippen LogP contribution in [0.25, 0.3) is 0 Å². The van der Waals surface area contributed by atoms with Gasteiger partial charge in [0.25, 0.3) is 0 Å². The van der Waals surface area contributed by atoms with Crippen molar-refractivity contribution in [3.05, 3.63) is 0 Å². The Bertz CT molecular complexity index is 643. The molecule has 0 rings (SSSR count). The molecule has 0 saturated heterocycles. The summed E-state index contributed by atoms with van der Waals surface area (Å²) in [5.74, 6) is 2.98. The summed E-state index contributed by atoms with van der Waals surface area (Å²) < 4.78 is 0. The van der Waals surface area contributed by atoms with Crippen LogP contribution in [-0.4, -0.2) is 31.6 Å². The van der Waals surface area contributed by atoms with Crippen molar-refractivity contribution in [2.24, 2.45) is 23.7 Å². The molecule has 0 aromatic carbocycles. The third-order valence-electron chi connectivity index (χ3n) is 8.75. The Labute approximate surface area is 304 Å². The summed E-state index contributed by atoms with van der Waals surface area (Å²) in [5, 5.41) is 20.1. The van der Waals surface area contributed by atoms with Crippen LogP contribution in [0.2, 0.25) is 0 Å². The maximum atomic E-state index is 11.6. The molecule has 7 heteroatoms. The number of unbranched alkanes of at least 4 members (excludes halogenated alkanes) is 10. The molecule has 2 atom stereocenters. The molecule has 2 unspecified atom stereocenters. The van der Waals surface area contributed by atoms with Gasteiger partial charge in [0.1, 0.15) is 11.2 Å². The summed E-state index contributed by atoms with van der Waals surface area (Å²) in [4.78, 5) is 23.2. The molecule has 2 N–H and O–H groups in total. The fourth-order valence-corrected chi connectivity index (χ4v) is 6.01. The van der Waals surface area contributed by atoms with Gasteiger partial charge in [-0.15, -0.1) is 0 Å². The van der Waals surface area contributed by atoms with Crippen LogP contribution in [0.3, 0.4) is 0 Å². The van der Waals surface area contributed by atoms with Crippen molar-refractivity contribution in [1.29, 1.82) is 0 Å². The monoisotopic (exact) mass is 722 g/mol. The minimum Gasteiger partial charge on any atom is -0.739 e. The van der Waals surface area contributed by atoms with Crippen molar-refractivity contribution >= 4 is 35.5 Å². The molecule has 0 aliphatic rings. The van der Waals surface area contributed by atoms with Gasteiger partial charge in [0.05, 0.1) is 0 Å². The number of rotatable bonds is 28. The van der Waals surface area contributed by atoms with Crippen LogP contribution in [0, 0.1) is 23.7 Å². The first kappa shape index (κ1) is 49.7. The first-order valence-corrected chi connectivity index (χ1v) is 19.2. The second-order valence-corrected chi connectivity index (χ2v) is 16.1. The van der Waals surface area contributed by atoms with Gasteiger partial charge in [-0.3, -0.25) is 0 Å². The largest absolute Gasteiger partial charge is 2.00 e. The Balaban J connectivity index is -0.000000767. The molecule has 45 heavy (non-hydrogen) atoms. The van der Waals surface area contributed by atoms with Crippen LogP contribution in [0.4, 0.5) is 0 Å². The second-order valence-electron chi connectivity index (χ2n) is 15.3. The number of hydrogen-bond acceptors (Lipinski definition) is 6. The van der Waals surface area contributed by atoms with Gasteiger partial charge >= 0.3 is 19.5 Å². The SMILES string of the molecule is CC(C)CCCCCCC(O)(CCCCCC(C)C)C(=O)[S-].CC(C)CCCCCCC(O)(CCCCCC(C)C)C(=O)[S-].[Zn+2]. The Morgan fingerprint density at radius 2 is 0.600 bits per heavy atom. The third kappa shape index (κ3) is 31.4. The fraction of sp³-hybridized carbons (Fsp3) is 0.947. The molecule has 0 fully saturated rings. The van der Waals surface area contributed by atoms with Crippen molar-refractivity contribution < 1.29 is 39.3 Å². The molecule has 0 aromatic rings. The summed E-state index contributed by atoms with van der Waals surface area (Å²) in [6.07, 6.45) is 22.3. The number of hydrogen-bond donors (Lipinski definition) is 2. The molecule has 0 aliphatic carbocycles. The van der Waals surface area contributed by atoms with Crippen molar-refractivity contribution in [1.82, 2.24) is 0 Å². The topological polar surface area (TPSA) is 74.6 Å². The van der Waals surface area contributed by atoms with Gasteiger partial charge in [-0.05, 0) is 49.4 Å². The van der Waals surface area contributed by atoms with Crippen LogP contribution >= 0.6 is 0 Å². The van der Waals surface area contributed by atoms with Gasteiger partial charge in [0, 0.05) is 10.2 Å². The minimum atomic E-state index is -1.24. The smallest absolute Gasteiger partial charge is 0.739 e. The van der Waals surface area contributed by atoms with E-state index in [9.17, 15) is 19.8 Å². The molecule has 0 saturated carbocycles. The predicted octanol–water partition coefficient (Wildman–Crippen LogP) is 10.8. The summed E-state index contributed by atoms with van der Waals surface area (Å²) >= 11 is 9.56. The van der Waals surface area contributed by atoms with Gasteiger partial charge in [-0.25, -0.2) is 0 Å². The molecule has 0 aromatic heterocycles. The van der Waals surface area contributed by atoms with E-state index in [1.165, 1.54) is 64.2 Å². The Hall–Kier alpha value is 0.323. The molecular weight excluding hydrogens is 650 g/mol. The summed E-state index contributed by atoms with van der Waals surface area (Å²) in [6, 6.07) is 0. The average molecular weight is 725 g/mol. The fourth-order valence-electron chi connectivity index (χ4n) is 5.60. The van der Waals surface area contributed by atoms with Crippen molar-refractivity contribution in [2.45, 2.75) is 208 Å². The normalized spacial score (nSPS) is 14.2. The van der Waals surface area contributed by atoms with E-state index >= 15 is 0 Å². The van der Waals surface area contributed by atoms with E-state index in [1.807, 2.05) is 0 Å². The number of aliphatic hydroxyl groups is 2. The van der Waals surface area contributed by atoms with E-state index in [1.54, 1.807) is 0 Å². The molecule has 0 spiro atoms. The molecule has 0 heterocycles. The molecule has 264 valence electrons. The number of carbonyl (C=O) groups is 2. The molecule has 4 nitrogen and oxygen atoms in total. The van der Waals surface area contributed by atoms with Crippen LogP contribution in [0.5, 0.6) is 0 Å². The number of carbonyl (C=O) groups excluding carboxylic acids is 2. The van der Waals surface area contributed by atoms with E-state index in [0.717, 1.165) is 75.0 Å². The van der Waals surface area contributed by atoms with Crippen LogP contribution in [0.1, 0.15) is 197 Å². The maximum Gasteiger partial charge on any atom is 2.00 e. The summed E-state index contributed by atoms with van der Waals surface area (Å²) in [5.41, 5.74) is -2.49. The Morgan fingerprint density at radius 3 is 0.778 bits per heavy atom. The second kappa shape index (κ2) is 30.4. The molecule has 0 radical (unpaired) electrons. The van der Waals surface area contributed by atoms with Gasteiger partial charge in [-0.2, -0.15) is 0 Å². The molecule has 0 bridgehead atoms.